The zero-order valence-corrected chi connectivity index (χ0v) is 17.4. The van der Waals surface area contributed by atoms with Crippen molar-refractivity contribution in [3.8, 4) is 17.3 Å². The summed E-state index contributed by atoms with van der Waals surface area (Å²) in [6.45, 7) is 4.46. The van der Waals surface area contributed by atoms with Gasteiger partial charge in [0, 0.05) is 37.8 Å². The molecular weight excluding hydrogens is 472 g/mol. The lowest BCUT2D eigenvalue weighted by Crippen LogP contribution is -2.39. The molecule has 0 bridgehead atoms. The zero-order valence-electron chi connectivity index (χ0n) is 17.4. The van der Waals surface area contributed by atoms with Crippen LogP contribution in [0.2, 0.25) is 0 Å². The highest BCUT2D eigenvalue weighted by Crippen LogP contribution is 2.32. The van der Waals surface area contributed by atoms with Crippen molar-refractivity contribution >= 4 is 11.8 Å². The first-order valence-electron chi connectivity index (χ1n) is 9.71. The molecule has 0 unspecified atom stereocenters. The summed E-state index contributed by atoms with van der Waals surface area (Å²) < 4.78 is 75.9. The number of hydrogen-bond acceptors (Lipinski definition) is 7. The lowest BCUT2D eigenvalue weighted by atomic mass is 10.1. The van der Waals surface area contributed by atoms with Crippen molar-refractivity contribution in [3.63, 3.8) is 0 Å². The smallest absolute Gasteiger partial charge is 0.475 e. The second-order valence-corrected chi connectivity index (χ2v) is 6.84. The number of carbonyl (C=O) groups is 1. The molecule has 0 atom stereocenters. The van der Waals surface area contributed by atoms with Gasteiger partial charge in [-0.1, -0.05) is 12.1 Å². The van der Waals surface area contributed by atoms with E-state index in [0.717, 1.165) is 31.8 Å². The van der Waals surface area contributed by atoms with Crippen molar-refractivity contribution in [2.45, 2.75) is 12.4 Å². The van der Waals surface area contributed by atoms with Gasteiger partial charge in [-0.2, -0.15) is 31.6 Å². The Morgan fingerprint density at radius 3 is 2.35 bits per heavy atom. The summed E-state index contributed by atoms with van der Waals surface area (Å²) in [5, 5.41) is 19.4. The van der Waals surface area contributed by atoms with Crippen molar-refractivity contribution in [2.75, 3.05) is 44.7 Å². The minimum absolute atomic E-state index is 0.0983. The monoisotopic (exact) mass is 491 g/mol. The number of ether oxygens (including phenoxy) is 1. The Labute approximate surface area is 189 Å². The molecule has 0 amide bonds. The van der Waals surface area contributed by atoms with Gasteiger partial charge in [0.15, 0.2) is 0 Å². The Bertz CT molecular complexity index is 1020. The van der Waals surface area contributed by atoms with E-state index < -0.39 is 23.9 Å². The van der Waals surface area contributed by atoms with E-state index in [9.17, 15) is 26.3 Å². The number of morpholine rings is 1. The third kappa shape index (κ3) is 8.49. The predicted molar refractivity (Wildman–Crippen MR) is 107 cm³/mol. The first-order chi connectivity index (χ1) is 15.9. The van der Waals surface area contributed by atoms with E-state index in [2.05, 4.69) is 20.2 Å². The number of hydrogen-bond donors (Lipinski definition) is 2. The van der Waals surface area contributed by atoms with Crippen LogP contribution in [0.15, 0.2) is 30.3 Å². The van der Waals surface area contributed by atoms with Crippen LogP contribution in [0.25, 0.3) is 11.3 Å². The highest BCUT2D eigenvalue weighted by Gasteiger charge is 2.38. The number of carboxylic acids is 1. The fourth-order valence-electron chi connectivity index (χ4n) is 2.76. The second-order valence-electron chi connectivity index (χ2n) is 6.84. The van der Waals surface area contributed by atoms with E-state index in [0.29, 0.717) is 25.6 Å². The van der Waals surface area contributed by atoms with Crippen molar-refractivity contribution in [1.29, 1.82) is 5.26 Å². The number of aromatic nitrogens is 2. The average molecular weight is 491 g/mol. The number of anilines is 1. The lowest BCUT2D eigenvalue weighted by Gasteiger charge is -2.26. The molecule has 2 heterocycles. The van der Waals surface area contributed by atoms with Gasteiger partial charge in [0.1, 0.15) is 11.9 Å². The van der Waals surface area contributed by atoms with Gasteiger partial charge in [0.05, 0.1) is 24.5 Å². The van der Waals surface area contributed by atoms with Crippen LogP contribution in [0.3, 0.4) is 0 Å². The fraction of sp³-hybridized carbons (Fsp3) is 0.400. The largest absolute Gasteiger partial charge is 0.490 e. The summed E-state index contributed by atoms with van der Waals surface area (Å²) in [7, 11) is 0. The third-order valence-corrected chi connectivity index (χ3v) is 4.39. The van der Waals surface area contributed by atoms with E-state index >= 15 is 0 Å². The number of carboxylic acid groups (broad SMARTS) is 1. The minimum Gasteiger partial charge on any atom is -0.475 e. The maximum atomic E-state index is 12.9. The van der Waals surface area contributed by atoms with Gasteiger partial charge in [0.25, 0.3) is 0 Å². The molecule has 1 aliphatic rings. The van der Waals surface area contributed by atoms with Crippen LogP contribution in [0.5, 0.6) is 0 Å². The van der Waals surface area contributed by atoms with Crippen molar-refractivity contribution in [1.82, 2.24) is 14.9 Å². The van der Waals surface area contributed by atoms with Crippen LogP contribution in [0.1, 0.15) is 11.4 Å². The molecule has 1 aromatic carbocycles. The van der Waals surface area contributed by atoms with Crippen LogP contribution < -0.4 is 5.32 Å². The van der Waals surface area contributed by atoms with Crippen LogP contribution in [-0.4, -0.2) is 71.5 Å². The minimum atomic E-state index is -5.08. The van der Waals surface area contributed by atoms with E-state index in [1.54, 1.807) is 6.07 Å². The van der Waals surface area contributed by atoms with Gasteiger partial charge in [-0.25, -0.2) is 14.8 Å². The number of aliphatic carboxylic acids is 1. The zero-order chi connectivity index (χ0) is 25.4. The van der Waals surface area contributed by atoms with Crippen LogP contribution in [0.4, 0.5) is 32.2 Å². The van der Waals surface area contributed by atoms with Gasteiger partial charge in [-0.05, 0) is 12.1 Å². The molecule has 34 heavy (non-hydrogen) atoms. The van der Waals surface area contributed by atoms with Crippen LogP contribution in [0, 0.1) is 11.3 Å². The molecule has 14 heteroatoms. The predicted octanol–water partition coefficient (Wildman–Crippen LogP) is 3.41. The summed E-state index contributed by atoms with van der Waals surface area (Å²) in [5.74, 6) is -2.45. The van der Waals surface area contributed by atoms with Crippen LogP contribution >= 0.6 is 0 Å². The lowest BCUT2D eigenvalue weighted by molar-refractivity contribution is -0.192. The molecular formula is C20H19F6N5O3. The Morgan fingerprint density at radius 2 is 1.79 bits per heavy atom. The third-order valence-electron chi connectivity index (χ3n) is 4.39. The Kier molecular flexibility index (Phi) is 9.16. The molecule has 1 aliphatic heterocycles. The SMILES string of the molecule is N#Cc1nc(NCCN2CCOCC2)cc(-c2cccc(C(F)(F)F)c2)n1.O=C(O)C(F)(F)F. The van der Waals surface area contributed by atoms with Gasteiger partial charge in [-0.3, -0.25) is 4.90 Å². The number of nitriles is 1. The quantitative estimate of drug-likeness (QED) is 0.613. The number of nitrogens with zero attached hydrogens (tertiary/aromatic N) is 4. The van der Waals surface area contributed by atoms with E-state index in [1.165, 1.54) is 12.1 Å². The topological polar surface area (TPSA) is 111 Å². The molecule has 1 fully saturated rings. The summed E-state index contributed by atoms with van der Waals surface area (Å²) in [6, 6.07) is 8.26. The van der Waals surface area contributed by atoms with E-state index in [1.807, 2.05) is 6.07 Å². The molecule has 1 aromatic heterocycles. The van der Waals surface area contributed by atoms with Crippen molar-refractivity contribution < 1.29 is 41.0 Å². The van der Waals surface area contributed by atoms with Gasteiger partial charge >= 0.3 is 18.3 Å². The van der Waals surface area contributed by atoms with Gasteiger partial charge in [0.2, 0.25) is 5.82 Å². The normalized spacial score (nSPS) is 14.5. The summed E-state index contributed by atoms with van der Waals surface area (Å²) in [5.41, 5.74) is -0.222. The molecule has 0 saturated carbocycles. The Hall–Kier alpha value is -3.44. The van der Waals surface area contributed by atoms with Gasteiger partial charge < -0.3 is 15.2 Å². The van der Waals surface area contributed by atoms with Crippen LogP contribution in [-0.2, 0) is 15.7 Å². The Balaban J connectivity index is 0.000000509. The average Bonchev–Trinajstić information content (AvgIpc) is 2.79. The fourth-order valence-corrected chi connectivity index (χ4v) is 2.76. The molecule has 0 spiro atoms. The number of alkyl halides is 6. The summed E-state index contributed by atoms with van der Waals surface area (Å²) in [6.07, 6.45) is -9.53. The summed E-state index contributed by atoms with van der Waals surface area (Å²) in [4.78, 5) is 19.2. The van der Waals surface area contributed by atoms with Gasteiger partial charge in [-0.15, -0.1) is 0 Å². The number of nitrogens with one attached hydrogen (secondary N) is 1. The van der Waals surface area contributed by atoms with Crippen molar-refractivity contribution in [3.05, 3.63) is 41.7 Å². The Morgan fingerprint density at radius 1 is 1.15 bits per heavy atom. The number of halogens is 6. The molecule has 2 N–H and O–H groups in total. The molecule has 184 valence electrons. The second kappa shape index (κ2) is 11.6. The first-order valence-corrected chi connectivity index (χ1v) is 9.71. The van der Waals surface area contributed by atoms with Crippen molar-refractivity contribution in [2.24, 2.45) is 0 Å². The molecule has 3 rings (SSSR count). The number of rotatable bonds is 5. The summed E-state index contributed by atoms with van der Waals surface area (Å²) >= 11 is 0. The molecule has 0 radical (unpaired) electrons. The maximum Gasteiger partial charge on any atom is 0.490 e. The highest BCUT2D eigenvalue weighted by molar-refractivity contribution is 5.73. The van der Waals surface area contributed by atoms with E-state index in [4.69, 9.17) is 19.9 Å². The van der Waals surface area contributed by atoms with E-state index in [-0.39, 0.29) is 17.1 Å². The number of benzene rings is 1. The molecule has 8 nitrogen and oxygen atoms in total. The standard InChI is InChI=1S/C18H18F3N5O.C2HF3O2/c19-18(20,21)14-3-1-2-13(10-14)15-11-16(25-17(12-22)24-15)23-4-5-26-6-8-27-9-7-26;3-2(4,5)1(6)7/h1-3,10-11H,4-9H2,(H,23,24,25);(H,6,7). The highest BCUT2D eigenvalue weighted by atomic mass is 19.4. The maximum absolute atomic E-state index is 12.9. The molecule has 0 aliphatic carbocycles. The molecule has 2 aromatic rings. The molecule has 1 saturated heterocycles. The first kappa shape index (κ1) is 26.8.